The minimum atomic E-state index is -1.50. The Balaban J connectivity index is 1.36. The lowest BCUT2D eigenvalue weighted by Crippen LogP contribution is -2.59. The number of rotatable bonds is 13. The fraction of sp³-hybridized carbons (Fsp3) is 0.522. The maximum atomic E-state index is 15.1. The number of nitrogens with zero attached hydrogens (tertiary/aromatic N) is 4. The number of esters is 2. The lowest BCUT2D eigenvalue weighted by molar-refractivity contribution is -0.165. The van der Waals surface area contributed by atoms with Crippen LogP contribution in [0.5, 0.6) is 23.0 Å². The van der Waals surface area contributed by atoms with Gasteiger partial charge in [0.05, 0.1) is 45.5 Å². The van der Waals surface area contributed by atoms with Gasteiger partial charge in [0.15, 0.2) is 18.1 Å². The minimum Gasteiger partial charge on any atom is -0.496 e. The van der Waals surface area contributed by atoms with Gasteiger partial charge in [-0.3, -0.25) is 33.6 Å². The molecule has 6 rings (SSSR count). The van der Waals surface area contributed by atoms with E-state index in [1.807, 2.05) is 49.4 Å². The summed E-state index contributed by atoms with van der Waals surface area (Å²) in [5, 5.41) is 7.53. The highest BCUT2D eigenvalue weighted by Gasteiger charge is 2.43. The lowest BCUT2D eigenvalue weighted by atomic mass is 9.87. The number of methoxy groups -OCH3 is 3. The van der Waals surface area contributed by atoms with Crippen LogP contribution in [0.2, 0.25) is 0 Å². The second kappa shape index (κ2) is 33.5. The van der Waals surface area contributed by atoms with Crippen LogP contribution >= 0.6 is 0 Å². The van der Waals surface area contributed by atoms with Gasteiger partial charge in [-0.25, -0.2) is 9.59 Å². The molecule has 2 heterocycles. The molecule has 6 amide bonds. The molecular weight excluding hydrogens is 1170 g/mol. The zero-order valence-electron chi connectivity index (χ0n) is 54.9. The van der Waals surface area contributed by atoms with Crippen molar-refractivity contribution in [1.29, 1.82) is 0 Å². The van der Waals surface area contributed by atoms with Gasteiger partial charge < -0.3 is 63.4 Å². The Morgan fingerprint density at radius 1 is 0.725 bits per heavy atom. The lowest BCUT2D eigenvalue weighted by Gasteiger charge is -2.36. The molecule has 0 spiro atoms. The Morgan fingerprint density at radius 2 is 1.45 bits per heavy atom. The molecule has 2 aliphatic heterocycles. The average Bonchev–Trinajstić information content (AvgIpc) is 1.37. The van der Waals surface area contributed by atoms with E-state index in [-0.39, 0.29) is 57.6 Å². The van der Waals surface area contributed by atoms with Gasteiger partial charge in [0.25, 0.3) is 11.8 Å². The van der Waals surface area contributed by atoms with Gasteiger partial charge in [0.1, 0.15) is 48.4 Å². The van der Waals surface area contributed by atoms with Crippen molar-refractivity contribution in [3.8, 4) is 23.0 Å². The number of allylic oxidation sites excluding steroid dienone is 1. The van der Waals surface area contributed by atoms with E-state index >= 15 is 4.79 Å². The number of amides is 6. The maximum absolute atomic E-state index is 15.1. The van der Waals surface area contributed by atoms with Crippen LogP contribution in [0, 0.1) is 5.41 Å². The Bertz CT molecular complexity index is 3250. The number of Topliss-reactive ketones (excluding diaryl/α,β-unsaturated/α-hetero) is 1. The van der Waals surface area contributed by atoms with Crippen LogP contribution in [0.1, 0.15) is 122 Å². The van der Waals surface area contributed by atoms with Crippen molar-refractivity contribution < 1.29 is 76.3 Å². The third-order valence-electron chi connectivity index (χ3n) is 16.4. The summed E-state index contributed by atoms with van der Waals surface area (Å²) in [4.78, 5) is 133. The Labute approximate surface area is 534 Å². The first-order valence-electron chi connectivity index (χ1n) is 31.2. The fourth-order valence-corrected chi connectivity index (χ4v) is 10.8. The highest BCUT2D eigenvalue weighted by molar-refractivity contribution is 6.38. The molecule has 2 bridgehead atoms. The third-order valence-corrected chi connectivity index (χ3v) is 16.4. The Morgan fingerprint density at radius 3 is 2.15 bits per heavy atom. The van der Waals surface area contributed by atoms with Gasteiger partial charge in [0.2, 0.25) is 29.4 Å². The zero-order valence-corrected chi connectivity index (χ0v) is 54.9. The predicted octanol–water partition coefficient (Wildman–Crippen LogP) is 7.29. The predicted molar refractivity (Wildman–Crippen MR) is 341 cm³/mol. The van der Waals surface area contributed by atoms with E-state index in [1.54, 1.807) is 70.3 Å². The van der Waals surface area contributed by atoms with Crippen LogP contribution in [0.25, 0.3) is 10.8 Å². The average molecular weight is 1260 g/mol. The third kappa shape index (κ3) is 20.0. The number of carbonyl (C=O) groups is 9. The normalized spacial score (nSPS) is 21.7. The number of hydrogen-bond acceptors (Lipinski definition) is 16. The number of hydrogen-bond donors (Lipinski definition) is 2. The van der Waals surface area contributed by atoms with Gasteiger partial charge in [0, 0.05) is 52.3 Å². The molecule has 1 fully saturated rings. The molecule has 1 saturated heterocycles. The zero-order chi connectivity index (χ0) is 66.6. The summed E-state index contributed by atoms with van der Waals surface area (Å²) in [7, 11) is 9.02. The molecule has 4 aromatic carbocycles. The van der Waals surface area contributed by atoms with Gasteiger partial charge in [-0.2, -0.15) is 0 Å². The van der Waals surface area contributed by atoms with E-state index in [2.05, 4.69) is 10.6 Å². The fourth-order valence-electron chi connectivity index (χ4n) is 10.8. The SMILES string of the molecule is CCCC[C@H]1C(=O)N[C@@H](Cc2ccc3ccccc3c2)C(=O)N(C)[C@@H](COC(C)(C)C)C(=O)NCC(=O)N(C)CCC/C=C/C(=O)OCC(C)(C)C(=O)C(=O)N2CCCC[C@H]2C(=O)O[C@H](CCc2c(OC)ccc(OC)c2OC)c2cccc(c2)OCC(=O)N1C. The quantitative estimate of drug-likeness (QED) is 0.0984. The molecule has 91 heavy (non-hydrogen) atoms. The number of carbonyl (C=O) groups excluding carboxylic acids is 9. The number of ketones is 1. The van der Waals surface area contributed by atoms with Crippen molar-refractivity contribution in [3.63, 3.8) is 0 Å². The number of nitrogens with one attached hydrogen (secondary N) is 2. The van der Waals surface area contributed by atoms with Crippen LogP contribution in [-0.2, 0) is 70.2 Å². The van der Waals surface area contributed by atoms with E-state index in [4.69, 9.17) is 33.2 Å². The molecule has 0 aromatic heterocycles. The molecule has 2 N–H and O–H groups in total. The summed E-state index contributed by atoms with van der Waals surface area (Å²) in [5.41, 5.74) is -0.466. The van der Waals surface area contributed by atoms with E-state index in [0.29, 0.717) is 72.5 Å². The molecule has 0 radical (unpaired) electrons. The number of piperidine rings is 1. The van der Waals surface area contributed by atoms with Crippen LogP contribution in [-0.4, -0.2) is 184 Å². The smallest absolute Gasteiger partial charge is 0.330 e. The van der Waals surface area contributed by atoms with Crippen molar-refractivity contribution in [1.82, 2.24) is 30.2 Å². The first-order chi connectivity index (χ1) is 43.3. The minimum absolute atomic E-state index is 0.00268. The number of unbranched alkanes of at least 4 members (excludes halogenated alkanes) is 1. The number of fused-ring (bicyclic) bond motifs is 4. The summed E-state index contributed by atoms with van der Waals surface area (Å²) >= 11 is 0. The molecule has 4 aromatic rings. The molecule has 5 atom stereocenters. The van der Waals surface area contributed by atoms with E-state index in [0.717, 1.165) is 10.8 Å². The summed E-state index contributed by atoms with van der Waals surface area (Å²) < 4.78 is 41.3. The second-order valence-corrected chi connectivity index (χ2v) is 24.7. The Hall–Kier alpha value is -8.53. The number of cyclic esters (lactones) is 2. The van der Waals surface area contributed by atoms with E-state index in [9.17, 15) is 38.4 Å². The van der Waals surface area contributed by atoms with Crippen molar-refractivity contribution >= 4 is 63.9 Å². The van der Waals surface area contributed by atoms with E-state index < -0.39 is 114 Å². The maximum Gasteiger partial charge on any atom is 0.330 e. The Kier molecular flexibility index (Phi) is 26.3. The van der Waals surface area contributed by atoms with E-state index in [1.165, 1.54) is 74.9 Å². The monoisotopic (exact) mass is 1260 g/mol. The van der Waals surface area contributed by atoms with Crippen LogP contribution in [0.4, 0.5) is 0 Å². The van der Waals surface area contributed by atoms with Crippen molar-refractivity contribution in [2.75, 3.05) is 81.9 Å². The highest BCUT2D eigenvalue weighted by Crippen LogP contribution is 2.40. The summed E-state index contributed by atoms with van der Waals surface area (Å²) in [5.74, 6) is -4.73. The molecule has 2 aliphatic rings. The first-order valence-corrected chi connectivity index (χ1v) is 31.2. The molecule has 0 unspecified atom stereocenters. The number of ether oxygens (including phenoxy) is 7. The van der Waals surface area contributed by atoms with Crippen molar-refractivity contribution in [2.24, 2.45) is 5.41 Å². The van der Waals surface area contributed by atoms with Crippen LogP contribution in [0.15, 0.2) is 91.0 Å². The van der Waals surface area contributed by atoms with Gasteiger partial charge >= 0.3 is 11.9 Å². The summed E-state index contributed by atoms with van der Waals surface area (Å²) in [6.07, 6.45) is 5.53. The topological polar surface area (TPSA) is 255 Å². The summed E-state index contributed by atoms with van der Waals surface area (Å²) in [6, 6.07) is 18.7. The summed E-state index contributed by atoms with van der Waals surface area (Å²) in [6.45, 7) is 8.96. The molecule has 22 nitrogen and oxygen atoms in total. The van der Waals surface area contributed by atoms with Crippen LogP contribution in [0.3, 0.4) is 0 Å². The number of likely N-dealkylation sites (N-methyl/N-ethyl adjacent to an activating group) is 3. The second-order valence-electron chi connectivity index (χ2n) is 24.7. The first kappa shape index (κ1) is 71.5. The molecule has 0 aliphatic carbocycles. The molecule has 494 valence electrons. The molecular formula is C69H92N6O16. The van der Waals surface area contributed by atoms with Gasteiger partial charge in [-0.15, -0.1) is 0 Å². The highest BCUT2D eigenvalue weighted by atomic mass is 16.5. The van der Waals surface area contributed by atoms with Crippen LogP contribution < -0.4 is 29.6 Å². The number of benzene rings is 4. The largest absolute Gasteiger partial charge is 0.496 e. The molecule has 22 heteroatoms. The van der Waals surface area contributed by atoms with Gasteiger partial charge in [-0.1, -0.05) is 80.4 Å². The van der Waals surface area contributed by atoms with Gasteiger partial charge in [-0.05, 0) is 132 Å². The van der Waals surface area contributed by atoms with Crippen molar-refractivity contribution in [3.05, 3.63) is 108 Å². The van der Waals surface area contributed by atoms with Crippen molar-refractivity contribution in [2.45, 2.75) is 148 Å². The molecule has 0 saturated carbocycles. The standard InChI is InChI=1S/C69H92N6O16/c1-13-14-27-52-64(81)71-51(39-45-30-31-46-23-17-18-24-47(46)38-45)65(82)74(9)54(42-90-68(2,3)4)63(80)70-41-58(76)72(7)36-20-15-16-29-60(78)89-44-69(5,6)62(79)66(83)75-37-21-19-28-53(75)67(84)91-55(48-25-22-26-49(40-48)88-43-59(77)73(52)8)33-32-50-56(85-10)34-35-57(86-11)61(50)87-12/h16-18,22-26,29-31,34-35,38,40,51-55H,13-15,19-21,27-28,32-33,36-37,39,41-44H2,1-12H3,(H,70,80)(H,71,81)/b29-16+/t51-,52-,53-,54-,55+/m0/s1.